The average Bonchev–Trinajstić information content (AvgIpc) is 3.97. The van der Waals surface area contributed by atoms with Gasteiger partial charge < -0.3 is 40.7 Å². The van der Waals surface area contributed by atoms with Crippen molar-refractivity contribution in [1.29, 1.82) is 5.26 Å². The lowest BCUT2D eigenvalue weighted by molar-refractivity contribution is -0.164. The number of likely N-dealkylation sites (tertiary alicyclic amines) is 1. The van der Waals surface area contributed by atoms with Gasteiger partial charge in [0.15, 0.2) is 0 Å². The first-order valence-electron chi connectivity index (χ1n) is 22.4. The molecule has 16 nitrogen and oxygen atoms in total. The number of benzene rings is 3. The second-order valence-corrected chi connectivity index (χ2v) is 19.8. The van der Waals surface area contributed by atoms with Crippen LogP contribution in [0.2, 0.25) is 5.02 Å². The fourth-order valence-electron chi connectivity index (χ4n) is 9.20. The molecule has 1 aliphatic carbocycles. The molecule has 5 N–H and O–H groups in total. The van der Waals surface area contributed by atoms with Crippen molar-refractivity contribution < 1.29 is 33.8 Å². The summed E-state index contributed by atoms with van der Waals surface area (Å²) in [6, 6.07) is 19.9. The van der Waals surface area contributed by atoms with Gasteiger partial charge in [0, 0.05) is 66.9 Å². The van der Waals surface area contributed by atoms with Gasteiger partial charge in [0.05, 0.1) is 34.8 Å². The Morgan fingerprint density at radius 3 is 2.33 bits per heavy atom. The van der Waals surface area contributed by atoms with E-state index in [1.807, 2.05) is 57.2 Å². The maximum absolute atomic E-state index is 13.9. The lowest BCUT2D eigenvalue weighted by atomic mass is 9.49. The summed E-state index contributed by atoms with van der Waals surface area (Å²) < 4.78 is 13.6. The second-order valence-electron chi connectivity index (χ2n) is 19.4. The Hall–Kier alpha value is -6.02. The summed E-state index contributed by atoms with van der Waals surface area (Å²) in [5.74, 6) is -0.856. The molecule has 66 heavy (non-hydrogen) atoms. The largest absolute Gasteiger partial charge is 0.489 e. The Morgan fingerprint density at radius 1 is 0.985 bits per heavy atom. The quantitative estimate of drug-likeness (QED) is 0.0708. The number of nitrogens with zero attached hydrogens (tertiary/aromatic N) is 5. The van der Waals surface area contributed by atoms with Crippen LogP contribution < -0.4 is 26.0 Å². The minimum Gasteiger partial charge on any atom is -0.489 e. The van der Waals surface area contributed by atoms with E-state index in [1.165, 1.54) is 4.90 Å². The summed E-state index contributed by atoms with van der Waals surface area (Å²) in [5, 5.41) is 40.2. The molecule has 17 heteroatoms. The van der Waals surface area contributed by atoms with E-state index in [2.05, 4.69) is 65.3 Å². The molecule has 4 amide bonds. The zero-order valence-corrected chi connectivity index (χ0v) is 39.5. The third-order valence-electron chi connectivity index (χ3n) is 12.5. The summed E-state index contributed by atoms with van der Waals surface area (Å²) in [4.78, 5) is 55.1. The third-order valence-corrected chi connectivity index (χ3v) is 12.8. The molecule has 4 aromatic rings. The van der Waals surface area contributed by atoms with Crippen LogP contribution in [-0.4, -0.2) is 105 Å². The molecule has 3 atom stereocenters. The normalized spacial score (nSPS) is 20.0. The van der Waals surface area contributed by atoms with Crippen molar-refractivity contribution in [2.24, 2.45) is 16.2 Å². The van der Waals surface area contributed by atoms with E-state index in [0.717, 1.165) is 36.2 Å². The fraction of sp³-hybridized carbons (Fsp3) is 0.490. The first-order valence-corrected chi connectivity index (χ1v) is 22.8. The number of hydrogen-bond donors (Lipinski definition) is 5. The first kappa shape index (κ1) is 49.4. The summed E-state index contributed by atoms with van der Waals surface area (Å²) in [6.07, 6.45) is 4.76. The molecule has 0 radical (unpaired) electrons. The van der Waals surface area contributed by atoms with Crippen LogP contribution in [0.1, 0.15) is 95.6 Å². The predicted octanol–water partition coefficient (Wildman–Crippen LogP) is 5.81. The number of hydrogen-bond acceptors (Lipinski definition) is 11. The van der Waals surface area contributed by atoms with E-state index in [9.17, 15) is 29.5 Å². The molecule has 2 aliphatic rings. The van der Waals surface area contributed by atoms with Crippen LogP contribution in [-0.2, 0) is 25.7 Å². The second kappa shape index (κ2) is 21.1. The van der Waals surface area contributed by atoms with E-state index >= 15 is 0 Å². The Labute approximate surface area is 391 Å². The van der Waals surface area contributed by atoms with E-state index in [0.29, 0.717) is 35.1 Å². The van der Waals surface area contributed by atoms with Crippen LogP contribution in [0.4, 0.5) is 5.69 Å². The summed E-state index contributed by atoms with van der Waals surface area (Å²) in [5.41, 5.74) is 2.05. The van der Waals surface area contributed by atoms with Gasteiger partial charge in [0.1, 0.15) is 36.6 Å². The van der Waals surface area contributed by atoms with Crippen LogP contribution in [0.3, 0.4) is 0 Å². The van der Waals surface area contributed by atoms with Crippen molar-refractivity contribution >= 4 is 40.9 Å². The molecule has 0 spiro atoms. The van der Waals surface area contributed by atoms with Gasteiger partial charge in [0.2, 0.25) is 17.7 Å². The van der Waals surface area contributed by atoms with Crippen molar-refractivity contribution in [2.45, 2.75) is 111 Å². The lowest BCUT2D eigenvalue weighted by Gasteiger charge is -2.63. The first-order chi connectivity index (χ1) is 31.3. The number of nitrogens with one attached hydrogen (secondary N) is 4. The van der Waals surface area contributed by atoms with E-state index in [-0.39, 0.29) is 60.9 Å². The van der Waals surface area contributed by atoms with Gasteiger partial charge in [0.25, 0.3) is 5.91 Å². The molecule has 6 rings (SSSR count). The molecule has 352 valence electrons. The summed E-state index contributed by atoms with van der Waals surface area (Å²) in [6.45, 7) is 14.8. The molecule has 1 aliphatic heterocycles. The van der Waals surface area contributed by atoms with Gasteiger partial charge in [-0.1, -0.05) is 77.4 Å². The minimum atomic E-state index is -0.953. The highest BCUT2D eigenvalue weighted by Gasteiger charge is 2.64. The third kappa shape index (κ3) is 11.9. The molecule has 3 aromatic carbocycles. The highest BCUT2D eigenvalue weighted by atomic mass is 35.5. The number of halogens is 1. The van der Waals surface area contributed by atoms with Gasteiger partial charge in [-0.25, -0.2) is 4.68 Å². The van der Waals surface area contributed by atoms with Gasteiger partial charge in [-0.05, 0) is 78.8 Å². The van der Waals surface area contributed by atoms with Crippen molar-refractivity contribution in [3.8, 4) is 17.5 Å². The van der Waals surface area contributed by atoms with Crippen LogP contribution in [0, 0.1) is 27.6 Å². The van der Waals surface area contributed by atoms with E-state index in [4.69, 9.17) is 21.1 Å². The number of carbonyl (C=O) groups is 4. The fourth-order valence-corrected chi connectivity index (χ4v) is 9.41. The number of anilines is 1. The summed E-state index contributed by atoms with van der Waals surface area (Å²) in [7, 11) is 0. The number of aliphatic hydroxyl groups is 1. The molecular weight excluding hydrogens is 862 g/mol. The molecule has 1 saturated carbocycles. The topological polar surface area (TPSA) is 213 Å². The van der Waals surface area contributed by atoms with Gasteiger partial charge >= 0.3 is 0 Å². The summed E-state index contributed by atoms with van der Waals surface area (Å²) >= 11 is 6.23. The van der Waals surface area contributed by atoms with Crippen molar-refractivity contribution in [3.05, 3.63) is 101 Å². The highest BCUT2D eigenvalue weighted by molar-refractivity contribution is 6.31. The number of nitriles is 1. The zero-order chi connectivity index (χ0) is 47.8. The number of rotatable bonds is 19. The van der Waals surface area contributed by atoms with E-state index in [1.54, 1.807) is 47.4 Å². The molecule has 1 aromatic heterocycles. The Kier molecular flexibility index (Phi) is 15.8. The molecular formula is C49H62ClN9O7. The predicted molar refractivity (Wildman–Crippen MR) is 250 cm³/mol. The van der Waals surface area contributed by atoms with Crippen LogP contribution >= 0.6 is 11.6 Å². The van der Waals surface area contributed by atoms with Crippen molar-refractivity contribution in [3.63, 3.8) is 0 Å². The minimum absolute atomic E-state index is 0.0181. The smallest absolute Gasteiger partial charge is 0.251 e. The average molecular weight is 925 g/mol. The van der Waals surface area contributed by atoms with Crippen LogP contribution in [0.25, 0.3) is 5.69 Å². The van der Waals surface area contributed by atoms with Crippen LogP contribution in [0.15, 0.2) is 79.1 Å². The number of carbonyl (C=O) groups excluding carboxylic acids is 4. The molecule has 2 heterocycles. The van der Waals surface area contributed by atoms with Crippen LogP contribution in [0.5, 0.6) is 5.75 Å². The number of aromatic nitrogens is 3. The Balaban J connectivity index is 0.875. The van der Waals surface area contributed by atoms with Crippen molar-refractivity contribution in [1.82, 2.24) is 35.8 Å². The molecule has 2 fully saturated rings. The van der Waals surface area contributed by atoms with Gasteiger partial charge in [-0.2, -0.15) is 5.26 Å². The van der Waals surface area contributed by atoms with Gasteiger partial charge in [-0.3, -0.25) is 19.2 Å². The van der Waals surface area contributed by atoms with Gasteiger partial charge in [-0.15, -0.1) is 5.10 Å². The number of ether oxygens (including phenoxy) is 2. The zero-order valence-electron chi connectivity index (χ0n) is 38.8. The SMILES string of the molecule is CC1(C)C(NC(=O)c2ccc(NCCCCCOCC(=O)N[C@H](C(=O)N3C[C@H](O)C[C@H]3C(=O)NCc3ccc(-n4ccnn4)cc3)C(C)(C)C)cc2)C(C)(C)C1Oc1ccc(C#N)c(Cl)c1. The molecule has 1 saturated heterocycles. The molecule has 0 bridgehead atoms. The number of aliphatic hydroxyl groups excluding tert-OH is 1. The number of amides is 4. The Morgan fingerprint density at radius 2 is 1.70 bits per heavy atom. The molecule has 0 unspecified atom stereocenters. The van der Waals surface area contributed by atoms with Crippen molar-refractivity contribution in [2.75, 3.05) is 31.6 Å². The lowest BCUT2D eigenvalue weighted by Crippen LogP contribution is -2.74. The standard InChI is InChI=1S/C49H62ClN9O7/c1-47(2,3)41(44(64)58-29-36(60)25-39(58)43(63)53-28-31-11-18-35(19-12-31)59-23-22-54-57-59)55-40(61)30-65-24-10-8-9-21-52-34-16-13-32(14-17-34)42(62)56-45-48(4,5)46(49(45,6)7)66-37-20-15-33(27-51)38(50)26-37/h11-20,22-23,26,36,39,41,45-46,52,60H,8-10,21,24-25,28-30H2,1-7H3,(H,53,63)(H,55,61)(H,56,62)/t36-,39+,41-,45?,46?/m1/s1. The number of β-amino-alcohol motifs (C(OH)–C–C–N with tert-alkyl or cyclic N) is 1. The van der Waals surface area contributed by atoms with E-state index < -0.39 is 35.4 Å². The monoisotopic (exact) mass is 923 g/mol. The Bertz CT molecular complexity index is 2340. The highest BCUT2D eigenvalue weighted by Crippen LogP contribution is 2.55. The maximum Gasteiger partial charge on any atom is 0.251 e. The number of unbranched alkanes of at least 4 members (excludes halogenated alkanes) is 2. The maximum atomic E-state index is 13.9.